The summed E-state index contributed by atoms with van der Waals surface area (Å²) in [5, 5.41) is 2.88. The highest BCUT2D eigenvalue weighted by atomic mass is 19.1. The van der Waals surface area contributed by atoms with Crippen molar-refractivity contribution in [2.75, 3.05) is 13.7 Å². The summed E-state index contributed by atoms with van der Waals surface area (Å²) < 4.78 is 18.6. The zero-order chi connectivity index (χ0) is 19.2. The van der Waals surface area contributed by atoms with Gasteiger partial charge in [0, 0.05) is 24.7 Å². The van der Waals surface area contributed by atoms with E-state index >= 15 is 0 Å². The van der Waals surface area contributed by atoms with Gasteiger partial charge in [-0.05, 0) is 36.6 Å². The maximum atomic E-state index is 13.9. The number of methoxy groups -OCH3 is 1. The summed E-state index contributed by atoms with van der Waals surface area (Å²) in [6.07, 6.45) is 2.08. The van der Waals surface area contributed by atoms with E-state index in [-0.39, 0.29) is 24.2 Å². The Bertz CT molecular complexity index is 803. The molecule has 0 heterocycles. The van der Waals surface area contributed by atoms with E-state index in [1.807, 2.05) is 11.0 Å². The maximum absolute atomic E-state index is 13.9. The molecule has 1 N–H and O–H groups in total. The van der Waals surface area contributed by atoms with Gasteiger partial charge in [-0.2, -0.15) is 0 Å². The minimum atomic E-state index is -0.390. The fraction of sp³-hybridized carbons (Fsp3) is 0.333. The van der Waals surface area contributed by atoms with Crippen LogP contribution in [0.5, 0.6) is 0 Å². The first-order chi connectivity index (χ1) is 13.1. The second-order valence-corrected chi connectivity index (χ2v) is 6.69. The van der Waals surface area contributed by atoms with Crippen molar-refractivity contribution in [2.45, 2.75) is 32.0 Å². The number of halogens is 1. The number of carbonyl (C=O) groups is 2. The largest absolute Gasteiger partial charge is 0.465 e. The van der Waals surface area contributed by atoms with Crippen molar-refractivity contribution in [3.05, 3.63) is 71.0 Å². The Labute approximate surface area is 158 Å². The van der Waals surface area contributed by atoms with Gasteiger partial charge in [-0.1, -0.05) is 30.3 Å². The smallest absolute Gasteiger partial charge is 0.337 e. The molecule has 142 valence electrons. The fourth-order valence-electron chi connectivity index (χ4n) is 2.92. The van der Waals surface area contributed by atoms with Crippen LogP contribution in [0.3, 0.4) is 0 Å². The fourth-order valence-corrected chi connectivity index (χ4v) is 2.92. The average molecular weight is 370 g/mol. The van der Waals surface area contributed by atoms with Crippen LogP contribution in [-0.4, -0.2) is 36.5 Å². The minimum absolute atomic E-state index is 0.102. The number of hydrogen-bond donors (Lipinski definition) is 1. The lowest BCUT2D eigenvalue weighted by molar-refractivity contribution is -0.122. The van der Waals surface area contributed by atoms with Crippen molar-refractivity contribution in [3.63, 3.8) is 0 Å². The van der Waals surface area contributed by atoms with Gasteiger partial charge < -0.3 is 10.1 Å². The third-order valence-electron chi connectivity index (χ3n) is 4.61. The van der Waals surface area contributed by atoms with E-state index < -0.39 is 0 Å². The molecule has 2 aromatic rings. The molecule has 1 aliphatic carbocycles. The van der Waals surface area contributed by atoms with Crippen molar-refractivity contribution >= 4 is 11.9 Å². The molecular weight excluding hydrogens is 347 g/mol. The summed E-state index contributed by atoms with van der Waals surface area (Å²) in [5.74, 6) is -0.733. The molecular formula is C21H23FN2O3. The van der Waals surface area contributed by atoms with Crippen LogP contribution in [0.15, 0.2) is 48.5 Å². The highest BCUT2D eigenvalue weighted by molar-refractivity contribution is 5.89. The lowest BCUT2D eigenvalue weighted by Crippen LogP contribution is -2.38. The van der Waals surface area contributed by atoms with Crippen LogP contribution < -0.4 is 5.32 Å². The van der Waals surface area contributed by atoms with Gasteiger partial charge in [-0.25, -0.2) is 9.18 Å². The number of hydrogen-bond acceptors (Lipinski definition) is 4. The third kappa shape index (κ3) is 5.37. The summed E-state index contributed by atoms with van der Waals surface area (Å²) in [4.78, 5) is 25.8. The highest BCUT2D eigenvalue weighted by Crippen LogP contribution is 2.28. The van der Waals surface area contributed by atoms with Gasteiger partial charge in [0.25, 0.3) is 0 Å². The van der Waals surface area contributed by atoms with E-state index in [1.165, 1.54) is 13.2 Å². The van der Waals surface area contributed by atoms with Crippen LogP contribution in [0, 0.1) is 5.82 Å². The Morgan fingerprint density at radius 1 is 1.15 bits per heavy atom. The predicted octanol–water partition coefficient (Wildman–Crippen LogP) is 2.89. The van der Waals surface area contributed by atoms with E-state index in [1.54, 1.807) is 36.4 Å². The second-order valence-electron chi connectivity index (χ2n) is 6.69. The zero-order valence-electron chi connectivity index (χ0n) is 15.3. The first-order valence-corrected chi connectivity index (χ1v) is 8.98. The molecule has 1 saturated carbocycles. The molecule has 2 aromatic carbocycles. The minimum Gasteiger partial charge on any atom is -0.465 e. The summed E-state index contributed by atoms with van der Waals surface area (Å²) >= 11 is 0. The van der Waals surface area contributed by atoms with E-state index in [9.17, 15) is 14.0 Å². The maximum Gasteiger partial charge on any atom is 0.337 e. The molecule has 1 amide bonds. The molecule has 0 aromatic heterocycles. The highest BCUT2D eigenvalue weighted by Gasteiger charge is 2.30. The van der Waals surface area contributed by atoms with E-state index in [4.69, 9.17) is 0 Å². The number of rotatable bonds is 8. The summed E-state index contributed by atoms with van der Waals surface area (Å²) in [6.45, 7) is 1.04. The number of carbonyl (C=O) groups excluding carboxylic acids is 2. The lowest BCUT2D eigenvalue weighted by Gasteiger charge is -2.21. The molecule has 1 fully saturated rings. The monoisotopic (exact) mass is 370 g/mol. The Morgan fingerprint density at radius 3 is 2.48 bits per heavy atom. The normalized spacial score (nSPS) is 13.4. The molecule has 0 radical (unpaired) electrons. The van der Waals surface area contributed by atoms with Crippen LogP contribution in [0.25, 0.3) is 0 Å². The molecule has 27 heavy (non-hydrogen) atoms. The van der Waals surface area contributed by atoms with Gasteiger partial charge in [0.1, 0.15) is 5.82 Å². The summed E-state index contributed by atoms with van der Waals surface area (Å²) in [7, 11) is 1.34. The van der Waals surface area contributed by atoms with Crippen LogP contribution >= 0.6 is 0 Å². The molecule has 0 bridgehead atoms. The molecule has 0 aliphatic heterocycles. The summed E-state index contributed by atoms with van der Waals surface area (Å²) in [5.41, 5.74) is 1.97. The Balaban J connectivity index is 1.52. The molecule has 3 rings (SSSR count). The van der Waals surface area contributed by atoms with Crippen molar-refractivity contribution in [2.24, 2.45) is 0 Å². The molecule has 0 spiro atoms. The second kappa shape index (κ2) is 8.77. The van der Waals surface area contributed by atoms with Gasteiger partial charge in [0.05, 0.1) is 19.2 Å². The van der Waals surface area contributed by atoms with Gasteiger partial charge >= 0.3 is 5.97 Å². The number of nitrogens with zero attached hydrogens (tertiary/aromatic N) is 1. The molecule has 0 unspecified atom stereocenters. The van der Waals surface area contributed by atoms with Gasteiger partial charge in [-0.15, -0.1) is 0 Å². The topological polar surface area (TPSA) is 58.6 Å². The molecule has 0 saturated heterocycles. The number of benzene rings is 2. The predicted molar refractivity (Wildman–Crippen MR) is 99.5 cm³/mol. The number of nitrogens with one attached hydrogen (secondary N) is 1. The van der Waals surface area contributed by atoms with Crippen LogP contribution in [-0.2, 0) is 22.6 Å². The Morgan fingerprint density at radius 2 is 1.85 bits per heavy atom. The molecule has 5 nitrogen and oxygen atoms in total. The van der Waals surface area contributed by atoms with Crippen LogP contribution in [0.1, 0.15) is 34.3 Å². The quantitative estimate of drug-likeness (QED) is 0.726. The first kappa shape index (κ1) is 19.0. The van der Waals surface area contributed by atoms with Gasteiger partial charge in [0.15, 0.2) is 0 Å². The molecule has 1 aliphatic rings. The zero-order valence-corrected chi connectivity index (χ0v) is 15.3. The van der Waals surface area contributed by atoms with Crippen molar-refractivity contribution < 1.29 is 18.7 Å². The number of esters is 1. The third-order valence-corrected chi connectivity index (χ3v) is 4.61. The van der Waals surface area contributed by atoms with Gasteiger partial charge in [-0.3, -0.25) is 9.69 Å². The number of amides is 1. The SMILES string of the molecule is COC(=O)c1ccc(CNC(=O)CN(Cc2ccccc2F)C2CC2)cc1. The molecule has 0 atom stereocenters. The first-order valence-electron chi connectivity index (χ1n) is 8.98. The molecule has 6 heteroatoms. The Hall–Kier alpha value is -2.73. The van der Waals surface area contributed by atoms with E-state index in [2.05, 4.69) is 10.1 Å². The van der Waals surface area contributed by atoms with Crippen LogP contribution in [0.4, 0.5) is 4.39 Å². The van der Waals surface area contributed by atoms with Crippen LogP contribution in [0.2, 0.25) is 0 Å². The average Bonchev–Trinajstić information content (AvgIpc) is 3.52. The standard InChI is InChI=1S/C21H23FN2O3/c1-27-21(26)16-8-6-15(7-9-16)12-23-20(25)14-24(18-10-11-18)13-17-4-2-3-5-19(17)22/h2-9,18H,10-14H2,1H3,(H,23,25). The number of ether oxygens (including phenoxy) is 1. The van der Waals surface area contributed by atoms with Crippen molar-refractivity contribution in [1.29, 1.82) is 0 Å². The lowest BCUT2D eigenvalue weighted by atomic mass is 10.1. The van der Waals surface area contributed by atoms with Gasteiger partial charge in [0.2, 0.25) is 5.91 Å². The Kier molecular flexibility index (Phi) is 6.19. The van der Waals surface area contributed by atoms with Crippen molar-refractivity contribution in [3.8, 4) is 0 Å². The van der Waals surface area contributed by atoms with E-state index in [0.29, 0.717) is 30.3 Å². The van der Waals surface area contributed by atoms with Crippen molar-refractivity contribution in [1.82, 2.24) is 10.2 Å². The summed E-state index contributed by atoms with van der Waals surface area (Å²) in [6, 6.07) is 13.9. The van der Waals surface area contributed by atoms with E-state index in [0.717, 1.165) is 18.4 Å².